The number of Topliss-reactive ketones (excluding diaryl/α,β-unsaturated/α-hetero) is 1. The molecule has 2 amide bonds. The minimum Gasteiger partial charge on any atom is -0.476 e. The van der Waals surface area contributed by atoms with Crippen LogP contribution in [-0.2, 0) is 83.7 Å². The fourth-order valence-corrected chi connectivity index (χ4v) is 7.10. The number of nitrogens with one attached hydrogen (secondary N) is 1. The number of esters is 2. The van der Waals surface area contributed by atoms with Crippen LogP contribution in [0.1, 0.15) is 107 Å². The second-order valence-electron chi connectivity index (χ2n) is 15.9. The summed E-state index contributed by atoms with van der Waals surface area (Å²) in [6.07, 6.45) is -0.0452. The lowest BCUT2D eigenvalue weighted by Gasteiger charge is -2.50. The highest BCUT2D eigenvalue weighted by atomic mass is 32.3. The zero-order valence-corrected chi connectivity index (χ0v) is 40.7. The number of hydroxylamine groups is 4. The minimum absolute atomic E-state index is 0.00501. The highest BCUT2D eigenvalue weighted by Gasteiger charge is 2.58. The standard InChI is InChI=1S/C18H26N4O9S2.C13H18N2O5S.C5H10N2O5S/c1-17(2,3)30-13(24)8-29-21-14(11-9-32-16(19-6)20-11)12(23)7-10-15(25)22(18(10,4)5)31-33(26,27)28;1-5-9-14-8(7-21-9)11(12(17)18)15-19-6-10(16)20-13(2,3)4;1-5(2)3(6)4(8)7(5)12-13(9,10)11/h9-10H,7-8H2,1-6H3,(H,19,20)(H,26,27,28);7H,5-6H2,1-4H3,(H,17,18);3H,6H2,1-2H3,(H,9,10,11)/b21-14-;15-11-;/t10-;;3-/m1.1/s1/i4D3;;1D3/t10-,18-;;3-,5-. The molecule has 0 aromatic carbocycles. The first-order valence-corrected chi connectivity index (χ1v) is 23.4. The SMILES string of the molecule is CCc1nc(/C(=N/OCC(=O)OC(C)(C)C)C(=O)O)cs1.[2H]C([2H])([2H])[C@@]1(C)[C@H](CC(=O)/C(=N\OCC(=O)OC(C)(C)C)c2csc(NC)n2)C(=O)N1OS(=O)(=O)O.[2H]C([2H])([2H])[C@@]1(C)[C@H](N)C(=O)N1OS(=O)(=O)O. The predicted octanol–water partition coefficient (Wildman–Crippen LogP) is 1.70. The molecule has 2 aromatic rings. The summed E-state index contributed by atoms with van der Waals surface area (Å²) < 4.78 is 123. The van der Waals surface area contributed by atoms with E-state index in [0.29, 0.717) is 11.6 Å². The second kappa shape index (κ2) is 22.7. The molecular weight excluding hydrogens is 977 g/mol. The zero-order chi connectivity index (χ0) is 56.7. The van der Waals surface area contributed by atoms with Gasteiger partial charge < -0.3 is 35.3 Å². The summed E-state index contributed by atoms with van der Waals surface area (Å²) in [5, 5.41) is 23.3. The molecule has 4 rings (SSSR count). The molecule has 4 atom stereocenters. The number of aryl methyl sites for hydroxylation is 1. The number of carbonyl (C=O) groups excluding carboxylic acids is 5. The van der Waals surface area contributed by atoms with Crippen molar-refractivity contribution in [2.75, 3.05) is 25.6 Å². The number of aromatic nitrogens is 2. The predicted molar refractivity (Wildman–Crippen MR) is 236 cm³/mol. The van der Waals surface area contributed by atoms with Crippen molar-refractivity contribution in [2.45, 2.75) is 117 Å². The summed E-state index contributed by atoms with van der Waals surface area (Å²) in [4.78, 5) is 89.3. The Bertz CT molecular complexity index is 2670. The molecule has 27 nitrogen and oxygen atoms in total. The summed E-state index contributed by atoms with van der Waals surface area (Å²) in [7, 11) is -8.62. The Morgan fingerprint density at radius 3 is 1.70 bits per heavy atom. The van der Waals surface area contributed by atoms with Crippen LogP contribution in [0, 0.1) is 5.92 Å². The molecule has 0 saturated carbocycles. The number of amides is 2. The number of hydrogen-bond acceptors (Lipinski definition) is 24. The number of carboxylic acids is 1. The fraction of sp³-hybridized carbons (Fsp3) is 0.611. The van der Waals surface area contributed by atoms with Crippen LogP contribution in [0.15, 0.2) is 21.1 Å². The van der Waals surface area contributed by atoms with E-state index in [1.807, 2.05) is 6.92 Å². The lowest BCUT2D eigenvalue weighted by Crippen LogP contribution is -2.74. The van der Waals surface area contributed by atoms with Gasteiger partial charge in [-0.25, -0.2) is 24.4 Å². The monoisotopic (exact) mass is 1040 g/mol. The largest absolute Gasteiger partial charge is 0.476 e. The summed E-state index contributed by atoms with van der Waals surface area (Å²) in [6.45, 7) is 7.17. The van der Waals surface area contributed by atoms with Crippen LogP contribution >= 0.6 is 22.7 Å². The molecule has 4 heterocycles. The van der Waals surface area contributed by atoms with Gasteiger partial charge >= 0.3 is 38.7 Å². The van der Waals surface area contributed by atoms with E-state index >= 15 is 0 Å². The number of rotatable bonds is 18. The lowest BCUT2D eigenvalue weighted by atomic mass is 9.74. The number of thiazole rings is 2. The van der Waals surface area contributed by atoms with Gasteiger partial charge in [0.25, 0.3) is 11.8 Å². The van der Waals surface area contributed by atoms with Crippen molar-refractivity contribution in [2.24, 2.45) is 22.0 Å². The van der Waals surface area contributed by atoms with Crippen molar-refractivity contribution in [3.05, 3.63) is 27.2 Å². The van der Waals surface area contributed by atoms with Gasteiger partial charge in [-0.3, -0.25) is 23.5 Å². The molecule has 0 bridgehead atoms. The van der Waals surface area contributed by atoms with E-state index in [1.165, 1.54) is 16.7 Å². The van der Waals surface area contributed by atoms with Gasteiger partial charge in [0.05, 0.1) is 22.0 Å². The Morgan fingerprint density at radius 2 is 1.30 bits per heavy atom. The molecule has 31 heteroatoms. The Labute approximate surface area is 402 Å². The van der Waals surface area contributed by atoms with Crippen molar-refractivity contribution in [3.8, 4) is 0 Å². The molecule has 2 fully saturated rings. The fourth-order valence-electron chi connectivity index (χ4n) is 4.88. The van der Waals surface area contributed by atoms with Gasteiger partial charge in [0.1, 0.15) is 28.6 Å². The van der Waals surface area contributed by atoms with Gasteiger partial charge in [-0.15, -0.1) is 31.2 Å². The van der Waals surface area contributed by atoms with Gasteiger partial charge in [-0.2, -0.15) is 27.0 Å². The molecule has 2 aromatic heterocycles. The molecule has 0 unspecified atom stereocenters. The number of aliphatic carboxylic acids is 1. The van der Waals surface area contributed by atoms with Crippen molar-refractivity contribution in [3.63, 3.8) is 0 Å². The van der Waals surface area contributed by atoms with E-state index in [1.54, 1.807) is 54.0 Å². The third-order valence-electron chi connectivity index (χ3n) is 7.86. The summed E-state index contributed by atoms with van der Waals surface area (Å²) in [5.74, 6) is -7.31. The normalized spacial score (nSPS) is 22.8. The van der Waals surface area contributed by atoms with E-state index in [0.717, 1.165) is 30.2 Å². The van der Waals surface area contributed by atoms with Crippen LogP contribution in [0.4, 0.5) is 5.13 Å². The average Bonchev–Trinajstić information content (AvgIpc) is 3.91. The van der Waals surface area contributed by atoms with E-state index in [-0.39, 0.29) is 27.2 Å². The van der Waals surface area contributed by atoms with E-state index in [9.17, 15) is 45.6 Å². The Balaban J connectivity index is 0.000000416. The highest BCUT2D eigenvalue weighted by molar-refractivity contribution is 7.81. The Hall–Kier alpha value is -5.28. The molecule has 376 valence electrons. The quantitative estimate of drug-likeness (QED) is 0.0466. The third kappa shape index (κ3) is 17.7. The molecule has 0 spiro atoms. The number of hydrogen-bond donors (Lipinski definition) is 5. The van der Waals surface area contributed by atoms with E-state index in [4.69, 9.17) is 47.3 Å². The van der Waals surface area contributed by atoms with Crippen LogP contribution in [0.25, 0.3) is 0 Å². The third-order valence-corrected chi connectivity index (χ3v) is 10.4. The van der Waals surface area contributed by atoms with Gasteiger partial charge in [0, 0.05) is 32.5 Å². The average molecular weight is 1040 g/mol. The Kier molecular flexibility index (Phi) is 16.3. The van der Waals surface area contributed by atoms with Crippen molar-refractivity contribution < 1.29 is 95.8 Å². The summed E-state index contributed by atoms with van der Waals surface area (Å²) in [6, 6.07) is -1.42. The number of β-lactam (4-membered cyclic amide) rings is 2. The molecule has 0 radical (unpaired) electrons. The number of carboxylic acid groups (broad SMARTS) is 1. The number of carbonyl (C=O) groups is 6. The minimum atomic E-state index is -5.23. The van der Waals surface area contributed by atoms with Crippen LogP contribution in [0.3, 0.4) is 0 Å². The smallest absolute Gasteiger partial charge is 0.418 e. The maximum atomic E-state index is 13.2. The topological polar surface area (TPSA) is 382 Å². The van der Waals surface area contributed by atoms with Gasteiger partial charge in [0.15, 0.2) is 16.6 Å². The van der Waals surface area contributed by atoms with Gasteiger partial charge in [-0.05, 0) is 75.5 Å². The first-order valence-electron chi connectivity index (χ1n) is 21.9. The number of nitrogens with two attached hydrogens (primary N) is 1. The second-order valence-corrected chi connectivity index (χ2v) is 19.7. The molecule has 6 N–H and O–H groups in total. The van der Waals surface area contributed by atoms with Crippen molar-refractivity contribution in [1.29, 1.82) is 0 Å². The van der Waals surface area contributed by atoms with Crippen LogP contribution in [-0.4, -0.2) is 147 Å². The van der Waals surface area contributed by atoms with E-state index in [2.05, 4.69) is 34.2 Å². The van der Waals surface area contributed by atoms with Crippen LogP contribution in [0.2, 0.25) is 0 Å². The van der Waals surface area contributed by atoms with E-state index < -0.39 is 130 Å². The van der Waals surface area contributed by atoms with Gasteiger partial charge in [-0.1, -0.05) is 17.2 Å². The first kappa shape index (κ1) is 48.2. The molecule has 0 aliphatic carbocycles. The molecular formula is C36H54N8O19S4. The zero-order valence-electron chi connectivity index (χ0n) is 43.4. The van der Waals surface area contributed by atoms with Crippen molar-refractivity contribution >= 4 is 95.5 Å². The molecule has 67 heavy (non-hydrogen) atoms. The van der Waals surface area contributed by atoms with Crippen LogP contribution in [0.5, 0.6) is 0 Å². The van der Waals surface area contributed by atoms with Gasteiger partial charge in [0.2, 0.25) is 18.9 Å². The number of ether oxygens (including phenoxy) is 2. The first-order chi connectivity index (χ1) is 32.9. The highest BCUT2D eigenvalue weighted by Crippen LogP contribution is 2.41. The van der Waals surface area contributed by atoms with Crippen molar-refractivity contribution in [1.82, 2.24) is 20.1 Å². The lowest BCUT2D eigenvalue weighted by molar-refractivity contribution is -0.228. The number of ketones is 1. The van der Waals surface area contributed by atoms with Crippen LogP contribution < -0.4 is 11.1 Å². The summed E-state index contributed by atoms with van der Waals surface area (Å²) >= 11 is 2.45. The maximum Gasteiger partial charge on any atom is 0.418 e. The Morgan fingerprint density at radius 1 is 0.836 bits per heavy atom. The summed E-state index contributed by atoms with van der Waals surface area (Å²) in [5.41, 5.74) is -0.918. The number of anilines is 1. The molecule has 2 aliphatic rings. The number of oxime groups is 2. The molecule has 2 saturated heterocycles. The maximum absolute atomic E-state index is 13.2. The molecule has 2 aliphatic heterocycles. The number of nitrogens with zero attached hydrogens (tertiary/aromatic N) is 6.